The first-order valence-corrected chi connectivity index (χ1v) is 6.86. The molecule has 94 valence electrons. The smallest absolute Gasteiger partial charge is 0.0372 e. The van der Waals surface area contributed by atoms with Crippen molar-refractivity contribution in [1.82, 2.24) is 10.3 Å². The Kier molecular flexibility index (Phi) is 4.16. The molecule has 0 aromatic carbocycles. The Balaban J connectivity index is 2.13. The lowest BCUT2D eigenvalue weighted by atomic mass is 9.91. The molecule has 2 heteroatoms. The number of pyridine rings is 1. The van der Waals surface area contributed by atoms with Gasteiger partial charge in [0.1, 0.15) is 0 Å². The molecular weight excluding hydrogens is 208 g/mol. The Morgan fingerprint density at radius 1 is 1.41 bits per heavy atom. The zero-order chi connectivity index (χ0) is 12.3. The lowest BCUT2D eigenvalue weighted by Gasteiger charge is -2.24. The van der Waals surface area contributed by atoms with Crippen LogP contribution in [0.4, 0.5) is 0 Å². The van der Waals surface area contributed by atoms with Crippen LogP contribution in [0.2, 0.25) is 0 Å². The summed E-state index contributed by atoms with van der Waals surface area (Å²) in [4.78, 5) is 4.43. The monoisotopic (exact) mass is 232 g/mol. The third-order valence-electron chi connectivity index (χ3n) is 3.92. The van der Waals surface area contributed by atoms with Crippen LogP contribution in [0.25, 0.3) is 0 Å². The van der Waals surface area contributed by atoms with Gasteiger partial charge in [-0.25, -0.2) is 0 Å². The van der Waals surface area contributed by atoms with Crippen LogP contribution in [0, 0.1) is 18.8 Å². The van der Waals surface area contributed by atoms with Gasteiger partial charge in [0.25, 0.3) is 0 Å². The second kappa shape index (κ2) is 5.63. The van der Waals surface area contributed by atoms with Gasteiger partial charge in [-0.3, -0.25) is 4.98 Å². The second-order valence-electron chi connectivity index (χ2n) is 5.45. The number of aryl methyl sites for hydroxylation is 1. The van der Waals surface area contributed by atoms with Crippen LogP contribution < -0.4 is 5.32 Å². The van der Waals surface area contributed by atoms with E-state index in [2.05, 4.69) is 36.3 Å². The molecule has 2 rings (SSSR count). The van der Waals surface area contributed by atoms with Gasteiger partial charge in [-0.05, 0) is 49.8 Å². The van der Waals surface area contributed by atoms with E-state index >= 15 is 0 Å². The first kappa shape index (κ1) is 12.6. The van der Waals surface area contributed by atoms with Crippen LogP contribution in [0.3, 0.4) is 0 Å². The van der Waals surface area contributed by atoms with Crippen LogP contribution in [-0.4, -0.2) is 11.5 Å². The van der Waals surface area contributed by atoms with Crippen LogP contribution in [0.15, 0.2) is 18.3 Å². The number of nitrogens with one attached hydrogen (secondary N) is 1. The van der Waals surface area contributed by atoms with Crippen LogP contribution in [0.1, 0.15) is 50.4 Å². The van der Waals surface area contributed by atoms with Gasteiger partial charge in [-0.2, -0.15) is 0 Å². The zero-order valence-electron chi connectivity index (χ0n) is 11.2. The summed E-state index contributed by atoms with van der Waals surface area (Å²) >= 11 is 0. The topological polar surface area (TPSA) is 24.9 Å². The summed E-state index contributed by atoms with van der Waals surface area (Å²) in [5.41, 5.74) is 2.46. The average Bonchev–Trinajstić information content (AvgIpc) is 2.74. The van der Waals surface area contributed by atoms with Gasteiger partial charge >= 0.3 is 0 Å². The number of hydrogen-bond acceptors (Lipinski definition) is 2. The van der Waals surface area contributed by atoms with E-state index in [0.29, 0.717) is 6.04 Å². The van der Waals surface area contributed by atoms with Gasteiger partial charge in [0.05, 0.1) is 0 Å². The Bertz CT molecular complexity index is 344. The van der Waals surface area contributed by atoms with Crippen LogP contribution >= 0.6 is 0 Å². The molecule has 3 atom stereocenters. The molecule has 3 unspecified atom stereocenters. The van der Waals surface area contributed by atoms with E-state index in [4.69, 9.17) is 0 Å². The molecule has 1 fully saturated rings. The number of hydrogen-bond donors (Lipinski definition) is 1. The van der Waals surface area contributed by atoms with Crippen molar-refractivity contribution in [1.29, 1.82) is 0 Å². The highest BCUT2D eigenvalue weighted by molar-refractivity contribution is 5.18. The molecule has 1 aliphatic carbocycles. The summed E-state index contributed by atoms with van der Waals surface area (Å²) in [5, 5.41) is 3.64. The molecule has 1 N–H and O–H groups in total. The van der Waals surface area contributed by atoms with Crippen molar-refractivity contribution in [2.75, 3.05) is 6.54 Å². The first-order chi connectivity index (χ1) is 8.20. The Morgan fingerprint density at radius 2 is 2.24 bits per heavy atom. The number of nitrogens with zero attached hydrogens (tertiary/aromatic N) is 1. The predicted molar refractivity (Wildman–Crippen MR) is 71.9 cm³/mol. The van der Waals surface area contributed by atoms with Gasteiger partial charge in [-0.15, -0.1) is 0 Å². The largest absolute Gasteiger partial charge is 0.310 e. The van der Waals surface area contributed by atoms with E-state index in [1.165, 1.54) is 24.8 Å². The third-order valence-corrected chi connectivity index (χ3v) is 3.92. The van der Waals surface area contributed by atoms with Gasteiger partial charge in [0.15, 0.2) is 0 Å². The van der Waals surface area contributed by atoms with Crippen molar-refractivity contribution in [3.63, 3.8) is 0 Å². The molecule has 1 aromatic rings. The molecule has 1 saturated carbocycles. The van der Waals surface area contributed by atoms with Crippen molar-refractivity contribution >= 4 is 0 Å². The van der Waals surface area contributed by atoms with E-state index < -0.39 is 0 Å². The fourth-order valence-corrected chi connectivity index (χ4v) is 2.99. The molecule has 0 bridgehead atoms. The highest BCUT2D eigenvalue weighted by atomic mass is 14.9. The van der Waals surface area contributed by atoms with E-state index in [-0.39, 0.29) is 0 Å². The van der Waals surface area contributed by atoms with Crippen LogP contribution in [0.5, 0.6) is 0 Å². The molecule has 1 heterocycles. The van der Waals surface area contributed by atoms with Gasteiger partial charge in [0.2, 0.25) is 0 Å². The Hall–Kier alpha value is -0.890. The third kappa shape index (κ3) is 3.06. The zero-order valence-corrected chi connectivity index (χ0v) is 11.2. The van der Waals surface area contributed by atoms with Crippen molar-refractivity contribution in [3.8, 4) is 0 Å². The van der Waals surface area contributed by atoms with E-state index in [0.717, 1.165) is 24.1 Å². The summed E-state index contributed by atoms with van der Waals surface area (Å²) < 4.78 is 0. The Labute approximate surface area is 105 Å². The summed E-state index contributed by atoms with van der Waals surface area (Å²) in [6.07, 6.45) is 6.13. The highest BCUT2D eigenvalue weighted by Gasteiger charge is 2.29. The van der Waals surface area contributed by atoms with Crippen molar-refractivity contribution in [3.05, 3.63) is 29.6 Å². The maximum absolute atomic E-state index is 4.43. The van der Waals surface area contributed by atoms with Gasteiger partial charge in [-0.1, -0.05) is 26.3 Å². The maximum atomic E-state index is 4.43. The van der Waals surface area contributed by atoms with Crippen molar-refractivity contribution in [2.45, 2.75) is 46.1 Å². The maximum Gasteiger partial charge on any atom is 0.0372 e. The average molecular weight is 232 g/mol. The van der Waals surface area contributed by atoms with Crippen LogP contribution in [-0.2, 0) is 0 Å². The fourth-order valence-electron chi connectivity index (χ4n) is 2.99. The Morgan fingerprint density at radius 3 is 2.76 bits per heavy atom. The summed E-state index contributed by atoms with van der Waals surface area (Å²) in [6, 6.07) is 4.86. The minimum absolute atomic E-state index is 0.498. The fraction of sp³-hybridized carbons (Fsp3) is 0.667. The van der Waals surface area contributed by atoms with Crippen molar-refractivity contribution in [2.24, 2.45) is 11.8 Å². The molecule has 1 aliphatic rings. The predicted octanol–water partition coefficient (Wildman–Crippen LogP) is 3.48. The number of rotatable bonds is 4. The lowest BCUT2D eigenvalue weighted by molar-refractivity contribution is 0.364. The molecule has 0 radical (unpaired) electrons. The molecule has 0 aliphatic heterocycles. The minimum Gasteiger partial charge on any atom is -0.310 e. The second-order valence-corrected chi connectivity index (χ2v) is 5.45. The normalized spacial score (nSPS) is 26.1. The molecule has 0 amide bonds. The summed E-state index contributed by atoms with van der Waals surface area (Å²) in [5.74, 6) is 1.68. The van der Waals surface area contributed by atoms with Gasteiger partial charge in [0, 0.05) is 17.9 Å². The van der Waals surface area contributed by atoms with E-state index in [1.807, 2.05) is 13.1 Å². The van der Waals surface area contributed by atoms with Crippen molar-refractivity contribution < 1.29 is 0 Å². The first-order valence-electron chi connectivity index (χ1n) is 6.86. The lowest BCUT2D eigenvalue weighted by Crippen LogP contribution is -2.27. The SMILES string of the molecule is CCNC(c1ccc(C)nc1)C1CCC(C)C1. The molecule has 1 aromatic heterocycles. The van der Waals surface area contributed by atoms with Gasteiger partial charge < -0.3 is 5.32 Å². The van der Waals surface area contributed by atoms with E-state index in [1.54, 1.807) is 0 Å². The summed E-state index contributed by atoms with van der Waals surface area (Å²) in [7, 11) is 0. The standard InChI is InChI=1S/C15H24N2/c1-4-16-15(13-7-5-11(2)9-13)14-8-6-12(3)17-10-14/h6,8,10-11,13,15-16H,4-5,7,9H2,1-3H3. The molecule has 2 nitrogen and oxygen atoms in total. The molecule has 0 saturated heterocycles. The molecular formula is C15H24N2. The molecule has 0 spiro atoms. The quantitative estimate of drug-likeness (QED) is 0.859. The summed E-state index contributed by atoms with van der Waals surface area (Å²) in [6.45, 7) is 7.64. The minimum atomic E-state index is 0.498. The highest BCUT2D eigenvalue weighted by Crippen LogP contribution is 2.38. The van der Waals surface area contributed by atoms with E-state index in [9.17, 15) is 0 Å². The molecule has 17 heavy (non-hydrogen) atoms. The number of aromatic nitrogens is 1.